The van der Waals surface area contributed by atoms with Crippen LogP contribution in [0.5, 0.6) is 0 Å². The van der Waals surface area contributed by atoms with E-state index < -0.39 is 0 Å². The van der Waals surface area contributed by atoms with Crippen molar-refractivity contribution in [1.29, 1.82) is 0 Å². The Morgan fingerprint density at radius 3 is 3.11 bits per heavy atom. The van der Waals surface area contributed by atoms with Gasteiger partial charge in [-0.15, -0.1) is 11.3 Å². The third kappa shape index (κ3) is 2.15. The zero-order chi connectivity index (χ0) is 13.4. The van der Waals surface area contributed by atoms with Crippen molar-refractivity contribution in [2.45, 2.75) is 19.8 Å². The van der Waals surface area contributed by atoms with E-state index in [4.69, 9.17) is 4.52 Å². The van der Waals surface area contributed by atoms with Crippen molar-refractivity contribution in [1.82, 2.24) is 15.1 Å². The smallest absolute Gasteiger partial charge is 0.237 e. The number of thiophene rings is 1. The fraction of sp³-hybridized carbons (Fsp3) is 0.231. The molecule has 0 aliphatic heterocycles. The van der Waals surface area contributed by atoms with Crippen molar-refractivity contribution in [3.05, 3.63) is 29.6 Å². The Kier molecular flexibility index (Phi) is 2.87. The lowest BCUT2D eigenvalue weighted by atomic mass is 10.1. The second-order valence-corrected chi connectivity index (χ2v) is 5.26. The second kappa shape index (κ2) is 4.55. The van der Waals surface area contributed by atoms with Gasteiger partial charge in [-0.25, -0.2) is 0 Å². The molecule has 0 N–H and O–H groups in total. The number of hydrogen-bond donors (Lipinski definition) is 0. The van der Waals surface area contributed by atoms with Gasteiger partial charge >= 0.3 is 0 Å². The number of fused-ring (bicyclic) bond motifs is 1. The van der Waals surface area contributed by atoms with E-state index in [9.17, 15) is 4.79 Å². The molecule has 0 saturated carbocycles. The minimum atomic E-state index is -0.375. The van der Waals surface area contributed by atoms with E-state index in [1.54, 1.807) is 24.5 Å². The SMILES string of the molecule is CC(=O)C(C)c1nc(-c2cnc3ccsc3c2)no1. The summed E-state index contributed by atoms with van der Waals surface area (Å²) in [6.45, 7) is 3.26. The Hall–Kier alpha value is -2.08. The zero-order valence-corrected chi connectivity index (χ0v) is 11.3. The van der Waals surface area contributed by atoms with E-state index in [0.717, 1.165) is 15.8 Å². The van der Waals surface area contributed by atoms with Gasteiger partial charge in [-0.2, -0.15) is 4.98 Å². The summed E-state index contributed by atoms with van der Waals surface area (Å²) < 4.78 is 6.20. The summed E-state index contributed by atoms with van der Waals surface area (Å²) in [5.41, 5.74) is 1.75. The lowest BCUT2D eigenvalue weighted by Crippen LogP contribution is -2.04. The molecular weight excluding hydrogens is 262 g/mol. The molecule has 0 spiro atoms. The molecule has 3 heterocycles. The Balaban J connectivity index is 1.99. The van der Waals surface area contributed by atoms with Crippen LogP contribution in [0.2, 0.25) is 0 Å². The van der Waals surface area contributed by atoms with Gasteiger partial charge in [-0.3, -0.25) is 9.78 Å². The lowest BCUT2D eigenvalue weighted by molar-refractivity contribution is -0.118. The highest BCUT2D eigenvalue weighted by atomic mass is 32.1. The van der Waals surface area contributed by atoms with Crippen LogP contribution in [0.1, 0.15) is 25.7 Å². The summed E-state index contributed by atoms with van der Waals surface area (Å²) in [7, 11) is 0. The highest BCUT2D eigenvalue weighted by molar-refractivity contribution is 7.17. The molecule has 6 heteroatoms. The van der Waals surface area contributed by atoms with Gasteiger partial charge in [0.2, 0.25) is 11.7 Å². The van der Waals surface area contributed by atoms with Crippen molar-refractivity contribution in [3.63, 3.8) is 0 Å². The lowest BCUT2D eigenvalue weighted by Gasteiger charge is -1.98. The van der Waals surface area contributed by atoms with Gasteiger partial charge < -0.3 is 4.52 Å². The molecule has 0 aromatic carbocycles. The van der Waals surface area contributed by atoms with E-state index in [-0.39, 0.29) is 11.7 Å². The molecule has 0 amide bonds. The second-order valence-electron chi connectivity index (χ2n) is 4.32. The number of Topliss-reactive ketones (excluding diaryl/α,β-unsaturated/α-hetero) is 1. The standard InChI is InChI=1S/C13H11N3O2S/c1-7(8(2)17)13-15-12(16-18-13)9-5-11-10(14-6-9)3-4-19-11/h3-7H,1-2H3. The van der Waals surface area contributed by atoms with Crippen LogP contribution >= 0.6 is 11.3 Å². The number of carbonyl (C=O) groups is 1. The molecule has 5 nitrogen and oxygen atoms in total. The first-order valence-corrected chi connectivity index (χ1v) is 6.71. The van der Waals surface area contributed by atoms with Gasteiger partial charge in [0.05, 0.1) is 16.1 Å². The van der Waals surface area contributed by atoms with E-state index >= 15 is 0 Å². The molecule has 0 aliphatic rings. The molecule has 96 valence electrons. The first-order chi connectivity index (χ1) is 9.15. The number of carbonyl (C=O) groups excluding carboxylic acids is 1. The van der Waals surface area contributed by atoms with Gasteiger partial charge in [0.25, 0.3) is 0 Å². The molecular formula is C13H11N3O2S. The van der Waals surface area contributed by atoms with Crippen LogP contribution in [0.4, 0.5) is 0 Å². The van der Waals surface area contributed by atoms with Crippen molar-refractivity contribution < 1.29 is 9.32 Å². The highest BCUT2D eigenvalue weighted by Gasteiger charge is 2.19. The average Bonchev–Trinajstić information content (AvgIpc) is 3.05. The van der Waals surface area contributed by atoms with Crippen LogP contribution in [0.3, 0.4) is 0 Å². The predicted octanol–water partition coefficient (Wildman–Crippen LogP) is 3.04. The Labute approximate surface area is 113 Å². The van der Waals surface area contributed by atoms with Crippen molar-refractivity contribution in [3.8, 4) is 11.4 Å². The van der Waals surface area contributed by atoms with Crippen LogP contribution in [-0.2, 0) is 4.79 Å². The van der Waals surface area contributed by atoms with Gasteiger partial charge in [-0.1, -0.05) is 5.16 Å². The molecule has 1 unspecified atom stereocenters. The molecule has 1 atom stereocenters. The predicted molar refractivity (Wildman–Crippen MR) is 72.0 cm³/mol. The molecule has 0 radical (unpaired) electrons. The van der Waals surface area contributed by atoms with Gasteiger partial charge in [0.1, 0.15) is 5.78 Å². The summed E-state index contributed by atoms with van der Waals surface area (Å²) in [4.78, 5) is 19.9. The topological polar surface area (TPSA) is 68.9 Å². The molecule has 3 rings (SSSR count). The maximum Gasteiger partial charge on any atom is 0.237 e. The summed E-state index contributed by atoms with van der Waals surface area (Å²) in [6, 6.07) is 3.93. The molecule has 0 bridgehead atoms. The third-order valence-electron chi connectivity index (χ3n) is 2.98. The number of nitrogens with zero attached hydrogens (tertiary/aromatic N) is 3. The molecule has 0 saturated heterocycles. The number of rotatable bonds is 3. The molecule has 0 fully saturated rings. The number of pyridine rings is 1. The van der Waals surface area contributed by atoms with E-state index in [2.05, 4.69) is 15.1 Å². The fourth-order valence-electron chi connectivity index (χ4n) is 1.67. The number of ketones is 1. The van der Waals surface area contributed by atoms with E-state index in [0.29, 0.717) is 11.7 Å². The normalized spacial score (nSPS) is 12.7. The van der Waals surface area contributed by atoms with E-state index in [1.807, 2.05) is 17.5 Å². The Morgan fingerprint density at radius 2 is 2.32 bits per heavy atom. The third-order valence-corrected chi connectivity index (χ3v) is 3.84. The van der Waals surface area contributed by atoms with Gasteiger partial charge in [-0.05, 0) is 31.4 Å². The fourth-order valence-corrected chi connectivity index (χ4v) is 2.45. The number of aromatic nitrogens is 3. The average molecular weight is 273 g/mol. The van der Waals surface area contributed by atoms with Crippen LogP contribution in [-0.4, -0.2) is 20.9 Å². The zero-order valence-electron chi connectivity index (χ0n) is 10.5. The largest absolute Gasteiger partial charge is 0.338 e. The first kappa shape index (κ1) is 12.0. The Morgan fingerprint density at radius 1 is 1.47 bits per heavy atom. The minimum Gasteiger partial charge on any atom is -0.338 e. The van der Waals surface area contributed by atoms with Crippen molar-refractivity contribution in [2.24, 2.45) is 0 Å². The van der Waals surface area contributed by atoms with Crippen LogP contribution in [0.25, 0.3) is 21.6 Å². The summed E-state index contributed by atoms with van der Waals surface area (Å²) in [6.07, 6.45) is 1.71. The van der Waals surface area contributed by atoms with Crippen LogP contribution in [0, 0.1) is 0 Å². The first-order valence-electron chi connectivity index (χ1n) is 5.83. The minimum absolute atomic E-state index is 0.00188. The van der Waals surface area contributed by atoms with Gasteiger partial charge in [0, 0.05) is 11.8 Å². The monoisotopic (exact) mass is 273 g/mol. The van der Waals surface area contributed by atoms with Crippen molar-refractivity contribution >= 4 is 27.3 Å². The molecule has 19 heavy (non-hydrogen) atoms. The summed E-state index contributed by atoms with van der Waals surface area (Å²) in [5.74, 6) is 0.432. The van der Waals surface area contributed by atoms with Gasteiger partial charge in [0.15, 0.2) is 0 Å². The number of hydrogen-bond acceptors (Lipinski definition) is 6. The highest BCUT2D eigenvalue weighted by Crippen LogP contribution is 2.25. The maximum atomic E-state index is 11.3. The van der Waals surface area contributed by atoms with Crippen LogP contribution < -0.4 is 0 Å². The van der Waals surface area contributed by atoms with Crippen molar-refractivity contribution in [2.75, 3.05) is 0 Å². The summed E-state index contributed by atoms with van der Waals surface area (Å²) >= 11 is 1.61. The van der Waals surface area contributed by atoms with E-state index in [1.165, 1.54) is 6.92 Å². The maximum absolute atomic E-state index is 11.3. The molecule has 3 aromatic rings. The quantitative estimate of drug-likeness (QED) is 0.733. The Bertz CT molecular complexity index is 747. The molecule has 3 aromatic heterocycles. The molecule has 0 aliphatic carbocycles. The summed E-state index contributed by atoms with van der Waals surface area (Å²) in [5, 5.41) is 5.89. The van der Waals surface area contributed by atoms with Crippen LogP contribution in [0.15, 0.2) is 28.2 Å².